The van der Waals surface area contributed by atoms with E-state index >= 15 is 0 Å². The van der Waals surface area contributed by atoms with Gasteiger partial charge in [0, 0.05) is 22.5 Å². The number of ketones is 1. The summed E-state index contributed by atoms with van der Waals surface area (Å²) in [6.07, 6.45) is 0.834. The van der Waals surface area contributed by atoms with Crippen LogP contribution in [0.2, 0.25) is 0 Å². The van der Waals surface area contributed by atoms with Gasteiger partial charge in [-0.05, 0) is 48.2 Å². The van der Waals surface area contributed by atoms with Gasteiger partial charge in [-0.3, -0.25) is 4.79 Å². The molecule has 0 spiro atoms. The summed E-state index contributed by atoms with van der Waals surface area (Å²) in [5.41, 5.74) is 3.01. The number of amides is 1. The van der Waals surface area contributed by atoms with Crippen LogP contribution in [0.15, 0.2) is 83.3 Å². The van der Waals surface area contributed by atoms with Gasteiger partial charge in [-0.2, -0.15) is 0 Å². The Bertz CT molecular complexity index is 1050. The van der Waals surface area contributed by atoms with Gasteiger partial charge in [0.15, 0.2) is 0 Å². The Kier molecular flexibility index (Phi) is 5.37. The summed E-state index contributed by atoms with van der Waals surface area (Å²) in [6.45, 7) is 1.60. The molecule has 0 bridgehead atoms. The van der Waals surface area contributed by atoms with Crippen LogP contribution in [-0.4, -0.2) is 11.7 Å². The van der Waals surface area contributed by atoms with Gasteiger partial charge in [-0.15, -0.1) is 0 Å². The molecule has 146 valence electrons. The molecule has 3 aromatic rings. The summed E-state index contributed by atoms with van der Waals surface area (Å²) in [7, 11) is 0. The van der Waals surface area contributed by atoms with Crippen molar-refractivity contribution in [3.63, 3.8) is 0 Å². The fourth-order valence-corrected chi connectivity index (χ4v) is 4.72. The number of nitrogens with one attached hydrogen (secondary N) is 1. The Morgan fingerprint density at radius 2 is 1.62 bits per heavy atom. The molecular formula is C25H22BrNO2. The molecule has 0 radical (unpaired) electrons. The first-order chi connectivity index (χ1) is 14.0. The number of carbonyl (C=O) groups excluding carboxylic acids is 2. The molecule has 0 aromatic heterocycles. The van der Waals surface area contributed by atoms with Crippen molar-refractivity contribution in [2.45, 2.75) is 31.1 Å². The smallest absolute Gasteiger partial charge is 0.236 e. The van der Waals surface area contributed by atoms with Crippen molar-refractivity contribution in [2.24, 2.45) is 0 Å². The molecule has 4 rings (SSSR count). The number of carbonyl (C=O) groups is 2. The van der Waals surface area contributed by atoms with Gasteiger partial charge < -0.3 is 10.1 Å². The second kappa shape index (κ2) is 7.96. The molecule has 1 heterocycles. The van der Waals surface area contributed by atoms with Crippen molar-refractivity contribution in [1.29, 1.82) is 0 Å². The predicted octanol–water partition coefficient (Wildman–Crippen LogP) is 5.64. The lowest BCUT2D eigenvalue weighted by Crippen LogP contribution is -2.43. The van der Waals surface area contributed by atoms with Gasteiger partial charge in [-0.1, -0.05) is 76.6 Å². The first kappa shape index (κ1) is 19.6. The van der Waals surface area contributed by atoms with Crippen LogP contribution < -0.4 is 5.32 Å². The average Bonchev–Trinajstić information content (AvgIpc) is 3.00. The van der Waals surface area contributed by atoms with Gasteiger partial charge >= 0.3 is 0 Å². The van der Waals surface area contributed by atoms with Gasteiger partial charge in [0.05, 0.1) is 5.41 Å². The molecule has 0 unspecified atom stereocenters. The van der Waals surface area contributed by atoms with Crippen molar-refractivity contribution in [3.8, 4) is 0 Å². The van der Waals surface area contributed by atoms with Gasteiger partial charge in [-0.25, -0.2) is 0 Å². The zero-order valence-corrected chi connectivity index (χ0v) is 17.8. The second-order valence-corrected chi connectivity index (χ2v) is 8.56. The number of para-hydroxylation sites is 1. The van der Waals surface area contributed by atoms with Crippen molar-refractivity contribution in [2.75, 3.05) is 5.32 Å². The highest BCUT2D eigenvalue weighted by Gasteiger charge is 2.52. The number of anilines is 1. The molecule has 4 heteroatoms. The fraction of sp³-hybridized carbons (Fsp3) is 0.200. The lowest BCUT2D eigenvalue weighted by Gasteiger charge is -2.36. The van der Waals surface area contributed by atoms with Crippen LogP contribution in [0.5, 0.6) is 0 Å². The van der Waals surface area contributed by atoms with Gasteiger partial charge in [0.1, 0.15) is 5.78 Å². The number of fused-ring (bicyclic) bond motifs is 1. The molecule has 1 aliphatic rings. The third-order valence-electron chi connectivity index (χ3n) is 5.75. The molecule has 1 aliphatic heterocycles. The normalized spacial score (nSPS) is 18.8. The highest BCUT2D eigenvalue weighted by Crippen LogP contribution is 2.50. The summed E-state index contributed by atoms with van der Waals surface area (Å²) < 4.78 is 0.969. The van der Waals surface area contributed by atoms with Crippen LogP contribution in [0.1, 0.15) is 36.0 Å². The van der Waals surface area contributed by atoms with E-state index in [-0.39, 0.29) is 17.6 Å². The Morgan fingerprint density at radius 1 is 0.966 bits per heavy atom. The van der Waals surface area contributed by atoms with E-state index in [9.17, 15) is 9.59 Å². The van der Waals surface area contributed by atoms with Crippen molar-refractivity contribution in [1.82, 2.24) is 0 Å². The minimum absolute atomic E-state index is 0.0447. The number of rotatable bonds is 6. The van der Waals surface area contributed by atoms with E-state index in [1.165, 1.54) is 0 Å². The van der Waals surface area contributed by atoms with E-state index in [2.05, 4.69) is 21.2 Å². The molecular weight excluding hydrogens is 426 g/mol. The van der Waals surface area contributed by atoms with Crippen LogP contribution in [0, 0.1) is 0 Å². The monoisotopic (exact) mass is 447 g/mol. The zero-order chi connectivity index (χ0) is 20.4. The number of Topliss-reactive ketones (excluding diaryl/α,β-unsaturated/α-hetero) is 1. The average molecular weight is 448 g/mol. The molecule has 0 aliphatic carbocycles. The molecule has 3 nitrogen and oxygen atoms in total. The maximum atomic E-state index is 13.6. The Hall–Kier alpha value is -2.72. The summed E-state index contributed by atoms with van der Waals surface area (Å²) in [4.78, 5) is 25.9. The summed E-state index contributed by atoms with van der Waals surface area (Å²) in [6, 6.07) is 25.8. The molecule has 0 fully saturated rings. The number of hydrogen-bond donors (Lipinski definition) is 1. The van der Waals surface area contributed by atoms with E-state index < -0.39 is 5.41 Å². The zero-order valence-electron chi connectivity index (χ0n) is 16.2. The second-order valence-electron chi connectivity index (χ2n) is 7.64. The minimum atomic E-state index is -0.850. The maximum absolute atomic E-state index is 13.6. The van der Waals surface area contributed by atoms with E-state index in [0.717, 1.165) is 26.9 Å². The Labute approximate surface area is 179 Å². The third-order valence-corrected chi connectivity index (χ3v) is 6.27. The molecule has 3 aromatic carbocycles. The van der Waals surface area contributed by atoms with Crippen molar-refractivity contribution in [3.05, 3.63) is 100 Å². The van der Waals surface area contributed by atoms with Crippen molar-refractivity contribution < 1.29 is 9.59 Å². The van der Waals surface area contributed by atoms with Crippen LogP contribution in [0.4, 0.5) is 5.69 Å². The third kappa shape index (κ3) is 3.65. The van der Waals surface area contributed by atoms with Gasteiger partial charge in [0.25, 0.3) is 0 Å². The molecule has 2 atom stereocenters. The summed E-state index contributed by atoms with van der Waals surface area (Å²) >= 11 is 3.49. The quantitative estimate of drug-likeness (QED) is 0.530. The lowest BCUT2D eigenvalue weighted by molar-refractivity contribution is -0.122. The van der Waals surface area contributed by atoms with Gasteiger partial charge in [0.2, 0.25) is 5.91 Å². The van der Waals surface area contributed by atoms with E-state index in [0.29, 0.717) is 12.8 Å². The van der Waals surface area contributed by atoms with Crippen LogP contribution >= 0.6 is 15.9 Å². The van der Waals surface area contributed by atoms with E-state index in [1.807, 2.05) is 78.9 Å². The molecule has 29 heavy (non-hydrogen) atoms. The topological polar surface area (TPSA) is 46.2 Å². The summed E-state index contributed by atoms with van der Waals surface area (Å²) in [5, 5.41) is 3.08. The molecule has 0 saturated heterocycles. The standard InChI is InChI=1S/C25H22BrNO2/c1-17(28)15-22(19-11-13-20(26)14-12-19)25(16-18-7-3-2-4-8-18)21-9-5-6-10-23(21)27-24(25)29/h2-14,22H,15-16H2,1H3,(H,27,29)/t22-,25+/m0/s1. The number of benzene rings is 3. The largest absolute Gasteiger partial charge is 0.325 e. The van der Waals surface area contributed by atoms with Crippen LogP contribution in [-0.2, 0) is 21.4 Å². The number of hydrogen-bond acceptors (Lipinski definition) is 2. The Morgan fingerprint density at radius 3 is 2.31 bits per heavy atom. The van der Waals surface area contributed by atoms with E-state index in [1.54, 1.807) is 6.92 Å². The summed E-state index contributed by atoms with van der Waals surface area (Å²) in [5.74, 6) is -0.240. The first-order valence-electron chi connectivity index (χ1n) is 9.70. The predicted molar refractivity (Wildman–Crippen MR) is 119 cm³/mol. The fourth-order valence-electron chi connectivity index (χ4n) is 4.46. The maximum Gasteiger partial charge on any atom is 0.236 e. The van der Waals surface area contributed by atoms with E-state index in [4.69, 9.17) is 0 Å². The first-order valence-corrected chi connectivity index (χ1v) is 10.5. The van der Waals surface area contributed by atoms with Crippen LogP contribution in [0.3, 0.4) is 0 Å². The SMILES string of the molecule is CC(=O)C[C@@H](c1ccc(Br)cc1)[C@]1(Cc2ccccc2)C(=O)Nc2ccccc21. The minimum Gasteiger partial charge on any atom is -0.325 e. The molecule has 1 amide bonds. The molecule has 1 N–H and O–H groups in total. The highest BCUT2D eigenvalue weighted by atomic mass is 79.9. The van der Waals surface area contributed by atoms with Crippen LogP contribution in [0.25, 0.3) is 0 Å². The van der Waals surface area contributed by atoms with Crippen molar-refractivity contribution >= 4 is 33.3 Å². The lowest BCUT2D eigenvalue weighted by atomic mass is 9.63. The number of halogens is 1. The molecule has 0 saturated carbocycles. The highest BCUT2D eigenvalue weighted by molar-refractivity contribution is 9.10. The Balaban J connectivity index is 1.94.